The molecular formula is C15H15N3O4. The lowest BCUT2D eigenvalue weighted by atomic mass is 10.2. The Morgan fingerprint density at radius 2 is 2.05 bits per heavy atom. The second-order valence-corrected chi connectivity index (χ2v) is 4.56. The van der Waals surface area contributed by atoms with E-state index in [0.29, 0.717) is 23.0 Å². The number of rotatable bonds is 5. The number of anilines is 1. The van der Waals surface area contributed by atoms with E-state index < -0.39 is 5.97 Å². The number of amides is 1. The molecule has 1 amide bonds. The van der Waals surface area contributed by atoms with Crippen molar-refractivity contribution in [3.63, 3.8) is 0 Å². The molecule has 0 unspecified atom stereocenters. The van der Waals surface area contributed by atoms with Gasteiger partial charge in [-0.05, 0) is 19.1 Å². The SMILES string of the molecule is CC(=O)Nc1ccccc1OCc1ncc(C(=O)O)c(C)n1. The van der Waals surface area contributed by atoms with Gasteiger partial charge in [0.2, 0.25) is 5.91 Å². The smallest absolute Gasteiger partial charge is 0.339 e. The molecule has 1 heterocycles. The lowest BCUT2D eigenvalue weighted by Gasteiger charge is -2.11. The molecule has 22 heavy (non-hydrogen) atoms. The van der Waals surface area contributed by atoms with Crippen molar-refractivity contribution in [3.05, 3.63) is 47.5 Å². The number of carboxylic acid groups (broad SMARTS) is 1. The predicted octanol–water partition coefficient (Wildman–Crippen LogP) is 2.02. The first-order valence-corrected chi connectivity index (χ1v) is 6.52. The van der Waals surface area contributed by atoms with Crippen molar-refractivity contribution >= 4 is 17.6 Å². The van der Waals surface area contributed by atoms with Gasteiger partial charge in [-0.2, -0.15) is 0 Å². The summed E-state index contributed by atoms with van der Waals surface area (Å²) in [5, 5.41) is 11.6. The molecule has 2 N–H and O–H groups in total. The minimum Gasteiger partial charge on any atom is -0.483 e. The summed E-state index contributed by atoms with van der Waals surface area (Å²) in [6, 6.07) is 6.99. The molecule has 114 valence electrons. The number of ether oxygens (including phenoxy) is 1. The first kappa shape index (κ1) is 15.4. The van der Waals surface area contributed by atoms with E-state index in [-0.39, 0.29) is 18.1 Å². The number of para-hydroxylation sites is 2. The fraction of sp³-hybridized carbons (Fsp3) is 0.200. The van der Waals surface area contributed by atoms with Crippen LogP contribution in [-0.2, 0) is 11.4 Å². The van der Waals surface area contributed by atoms with E-state index in [0.717, 1.165) is 0 Å². The molecule has 0 saturated heterocycles. The van der Waals surface area contributed by atoms with Gasteiger partial charge < -0.3 is 15.2 Å². The third-order valence-corrected chi connectivity index (χ3v) is 2.81. The number of aromatic carboxylic acids is 1. The summed E-state index contributed by atoms with van der Waals surface area (Å²) in [7, 11) is 0. The largest absolute Gasteiger partial charge is 0.483 e. The van der Waals surface area contributed by atoms with Crippen LogP contribution < -0.4 is 10.1 Å². The minimum atomic E-state index is -1.07. The van der Waals surface area contributed by atoms with Crippen LogP contribution in [0.4, 0.5) is 5.69 Å². The summed E-state index contributed by atoms with van der Waals surface area (Å²) in [5.41, 5.74) is 0.979. The Kier molecular flexibility index (Phi) is 4.67. The molecule has 0 aliphatic heterocycles. The molecule has 2 aromatic rings. The number of aryl methyl sites for hydroxylation is 1. The summed E-state index contributed by atoms with van der Waals surface area (Å²) in [5.74, 6) is -0.420. The normalized spacial score (nSPS) is 10.1. The second kappa shape index (κ2) is 6.66. The van der Waals surface area contributed by atoms with Gasteiger partial charge in [0.05, 0.1) is 16.9 Å². The monoisotopic (exact) mass is 301 g/mol. The Balaban J connectivity index is 2.12. The number of carbonyl (C=O) groups excluding carboxylic acids is 1. The molecule has 0 spiro atoms. The molecule has 0 aliphatic carbocycles. The summed E-state index contributed by atoms with van der Waals surface area (Å²) in [6.07, 6.45) is 1.25. The minimum absolute atomic E-state index is 0.0578. The number of benzene rings is 1. The highest BCUT2D eigenvalue weighted by Gasteiger charge is 2.11. The van der Waals surface area contributed by atoms with Crippen molar-refractivity contribution in [2.75, 3.05) is 5.32 Å². The van der Waals surface area contributed by atoms with Crippen LogP contribution in [0.25, 0.3) is 0 Å². The Morgan fingerprint density at radius 1 is 1.32 bits per heavy atom. The van der Waals surface area contributed by atoms with E-state index >= 15 is 0 Å². The quantitative estimate of drug-likeness (QED) is 0.876. The van der Waals surface area contributed by atoms with Gasteiger partial charge >= 0.3 is 5.97 Å². The molecule has 0 saturated carbocycles. The van der Waals surface area contributed by atoms with Crippen LogP contribution in [-0.4, -0.2) is 27.0 Å². The lowest BCUT2D eigenvalue weighted by Crippen LogP contribution is -2.10. The van der Waals surface area contributed by atoms with E-state index in [1.807, 2.05) is 0 Å². The zero-order valence-electron chi connectivity index (χ0n) is 12.2. The number of carbonyl (C=O) groups is 2. The van der Waals surface area contributed by atoms with Crippen molar-refractivity contribution in [3.8, 4) is 5.75 Å². The van der Waals surface area contributed by atoms with Gasteiger partial charge in [-0.3, -0.25) is 4.79 Å². The molecular weight excluding hydrogens is 286 g/mol. The average Bonchev–Trinajstić information content (AvgIpc) is 2.45. The van der Waals surface area contributed by atoms with Gasteiger partial charge in [0.25, 0.3) is 0 Å². The van der Waals surface area contributed by atoms with Crippen LogP contribution in [0.3, 0.4) is 0 Å². The van der Waals surface area contributed by atoms with E-state index in [9.17, 15) is 9.59 Å². The van der Waals surface area contributed by atoms with Gasteiger partial charge in [0.1, 0.15) is 12.4 Å². The molecule has 0 fully saturated rings. The highest BCUT2D eigenvalue weighted by atomic mass is 16.5. The topological polar surface area (TPSA) is 101 Å². The number of nitrogens with zero attached hydrogens (tertiary/aromatic N) is 2. The van der Waals surface area contributed by atoms with E-state index in [2.05, 4.69) is 15.3 Å². The van der Waals surface area contributed by atoms with Crippen LogP contribution in [0.15, 0.2) is 30.5 Å². The fourth-order valence-corrected chi connectivity index (χ4v) is 1.82. The maximum atomic E-state index is 11.1. The van der Waals surface area contributed by atoms with Crippen LogP contribution in [0.2, 0.25) is 0 Å². The summed E-state index contributed by atoms with van der Waals surface area (Å²) < 4.78 is 5.59. The van der Waals surface area contributed by atoms with Crippen LogP contribution in [0, 0.1) is 6.92 Å². The molecule has 1 aromatic carbocycles. The van der Waals surface area contributed by atoms with Crippen molar-refractivity contribution in [1.29, 1.82) is 0 Å². The van der Waals surface area contributed by atoms with Gasteiger partial charge in [-0.15, -0.1) is 0 Å². The molecule has 7 heteroatoms. The molecule has 0 aliphatic rings. The molecule has 2 rings (SSSR count). The highest BCUT2D eigenvalue weighted by Crippen LogP contribution is 2.24. The number of hydrogen-bond donors (Lipinski definition) is 2. The Hall–Kier alpha value is -2.96. The standard InChI is InChI=1S/C15H15N3O4/c1-9-11(15(20)21)7-16-14(17-9)8-22-13-6-4-3-5-12(13)18-10(2)19/h3-7H,8H2,1-2H3,(H,18,19)(H,20,21). The van der Waals surface area contributed by atoms with Crippen LogP contribution >= 0.6 is 0 Å². The molecule has 0 radical (unpaired) electrons. The van der Waals surface area contributed by atoms with Crippen molar-refractivity contribution in [2.24, 2.45) is 0 Å². The predicted molar refractivity (Wildman–Crippen MR) is 78.8 cm³/mol. The summed E-state index contributed by atoms with van der Waals surface area (Å²) in [4.78, 5) is 30.1. The number of hydrogen-bond acceptors (Lipinski definition) is 5. The maximum Gasteiger partial charge on any atom is 0.339 e. The Labute approximate surface area is 127 Å². The molecule has 7 nitrogen and oxygen atoms in total. The van der Waals surface area contributed by atoms with Crippen molar-refractivity contribution in [2.45, 2.75) is 20.5 Å². The average molecular weight is 301 g/mol. The molecule has 0 bridgehead atoms. The van der Waals surface area contributed by atoms with Crippen molar-refractivity contribution < 1.29 is 19.4 Å². The van der Waals surface area contributed by atoms with E-state index in [1.54, 1.807) is 31.2 Å². The van der Waals surface area contributed by atoms with E-state index in [1.165, 1.54) is 13.1 Å². The second-order valence-electron chi connectivity index (χ2n) is 4.56. The summed E-state index contributed by atoms with van der Waals surface area (Å²) >= 11 is 0. The number of nitrogens with one attached hydrogen (secondary N) is 1. The number of carboxylic acids is 1. The third-order valence-electron chi connectivity index (χ3n) is 2.81. The zero-order valence-corrected chi connectivity index (χ0v) is 12.2. The first-order valence-electron chi connectivity index (χ1n) is 6.52. The van der Waals surface area contributed by atoms with Gasteiger partial charge in [-0.25, -0.2) is 14.8 Å². The summed E-state index contributed by atoms with van der Waals surface area (Å²) in [6.45, 7) is 3.07. The Bertz CT molecular complexity index is 716. The maximum absolute atomic E-state index is 11.1. The lowest BCUT2D eigenvalue weighted by molar-refractivity contribution is -0.114. The third kappa shape index (κ3) is 3.78. The van der Waals surface area contributed by atoms with Gasteiger partial charge in [0, 0.05) is 13.1 Å². The van der Waals surface area contributed by atoms with E-state index in [4.69, 9.17) is 9.84 Å². The Morgan fingerprint density at radius 3 is 2.68 bits per heavy atom. The highest BCUT2D eigenvalue weighted by molar-refractivity contribution is 5.90. The zero-order chi connectivity index (χ0) is 16.1. The number of aromatic nitrogens is 2. The molecule has 0 atom stereocenters. The molecule has 1 aromatic heterocycles. The van der Waals surface area contributed by atoms with Crippen LogP contribution in [0.5, 0.6) is 5.75 Å². The van der Waals surface area contributed by atoms with Gasteiger partial charge in [-0.1, -0.05) is 12.1 Å². The van der Waals surface area contributed by atoms with Crippen molar-refractivity contribution in [1.82, 2.24) is 9.97 Å². The fourth-order valence-electron chi connectivity index (χ4n) is 1.82. The van der Waals surface area contributed by atoms with Gasteiger partial charge in [0.15, 0.2) is 5.82 Å². The van der Waals surface area contributed by atoms with Crippen LogP contribution in [0.1, 0.15) is 28.8 Å². The first-order chi connectivity index (χ1) is 10.5.